The molecule has 0 saturated carbocycles. The van der Waals surface area contributed by atoms with Crippen LogP contribution in [0.1, 0.15) is 6.92 Å². The lowest BCUT2D eigenvalue weighted by atomic mass is 10.3. The number of ether oxygens (including phenoxy) is 1. The van der Waals surface area contributed by atoms with Crippen LogP contribution in [-0.4, -0.2) is 39.5 Å². The molecule has 0 saturated heterocycles. The summed E-state index contributed by atoms with van der Waals surface area (Å²) in [5.74, 6) is 1.00. The van der Waals surface area contributed by atoms with E-state index in [-0.39, 0.29) is 48.0 Å². The molecule has 0 aliphatic rings. The van der Waals surface area contributed by atoms with Gasteiger partial charge in [0.1, 0.15) is 5.75 Å². The quantitative estimate of drug-likeness (QED) is 0.419. The van der Waals surface area contributed by atoms with Crippen molar-refractivity contribution < 1.29 is 13.2 Å². The van der Waals surface area contributed by atoms with E-state index in [0.717, 1.165) is 5.69 Å². The van der Waals surface area contributed by atoms with Gasteiger partial charge in [-0.05, 0) is 12.1 Å². The number of halogens is 1. The first-order valence-corrected chi connectivity index (χ1v) is 7.70. The zero-order valence-electron chi connectivity index (χ0n) is 11.5. The van der Waals surface area contributed by atoms with E-state index in [0.29, 0.717) is 5.75 Å². The van der Waals surface area contributed by atoms with E-state index in [4.69, 9.17) is 10.5 Å². The highest BCUT2D eigenvalue weighted by Gasteiger charge is 2.06. The van der Waals surface area contributed by atoms with Crippen molar-refractivity contribution in [1.29, 1.82) is 0 Å². The van der Waals surface area contributed by atoms with E-state index >= 15 is 0 Å². The normalized spacial score (nSPS) is 11.6. The maximum absolute atomic E-state index is 11.3. The molecule has 6 nitrogen and oxygen atoms in total. The molecule has 1 aromatic carbocycles. The smallest absolute Gasteiger partial charge is 0.193 e. The molecule has 0 fully saturated rings. The van der Waals surface area contributed by atoms with Gasteiger partial charge in [0, 0.05) is 17.5 Å². The Morgan fingerprint density at radius 2 is 2.15 bits per heavy atom. The second-order valence-corrected chi connectivity index (χ2v) is 6.33. The fourth-order valence-corrected chi connectivity index (χ4v) is 2.00. The van der Waals surface area contributed by atoms with Crippen molar-refractivity contribution in [2.24, 2.45) is 10.7 Å². The molecule has 0 aromatic heterocycles. The molecule has 0 aliphatic heterocycles. The number of aliphatic imine (C=N–C) groups is 1. The Morgan fingerprint density at radius 3 is 2.75 bits per heavy atom. The Balaban J connectivity index is 0.00000361. The number of hydrogen-bond donors (Lipinski definition) is 2. The van der Waals surface area contributed by atoms with Gasteiger partial charge < -0.3 is 15.8 Å². The third kappa shape index (κ3) is 6.94. The first-order chi connectivity index (χ1) is 8.96. The predicted molar refractivity (Wildman–Crippen MR) is 92.8 cm³/mol. The number of rotatable bonds is 6. The van der Waals surface area contributed by atoms with Crippen molar-refractivity contribution in [2.45, 2.75) is 6.92 Å². The molecular formula is C12H20IN3O3S. The Hall–Kier alpha value is -1.03. The van der Waals surface area contributed by atoms with Crippen LogP contribution in [0.5, 0.6) is 5.75 Å². The molecule has 0 radical (unpaired) electrons. The summed E-state index contributed by atoms with van der Waals surface area (Å²) in [5.41, 5.74) is 6.41. The van der Waals surface area contributed by atoms with Gasteiger partial charge in [-0.1, -0.05) is 13.0 Å². The average molecular weight is 413 g/mol. The Bertz CT molecular complexity index is 547. The Morgan fingerprint density at radius 1 is 1.45 bits per heavy atom. The molecule has 8 heteroatoms. The van der Waals surface area contributed by atoms with Crippen LogP contribution in [0.25, 0.3) is 0 Å². The van der Waals surface area contributed by atoms with Crippen molar-refractivity contribution in [3.8, 4) is 5.75 Å². The summed E-state index contributed by atoms with van der Waals surface area (Å²) in [4.78, 5) is 3.97. The van der Waals surface area contributed by atoms with Gasteiger partial charge in [-0.25, -0.2) is 8.42 Å². The van der Waals surface area contributed by atoms with E-state index in [9.17, 15) is 8.42 Å². The lowest BCUT2D eigenvalue weighted by molar-refractivity contribution is 0.415. The third-order valence-corrected chi connectivity index (χ3v) is 4.15. The molecular weight excluding hydrogens is 393 g/mol. The minimum absolute atomic E-state index is 0. The summed E-state index contributed by atoms with van der Waals surface area (Å²) in [7, 11) is -1.43. The molecule has 0 bridgehead atoms. The van der Waals surface area contributed by atoms with Gasteiger partial charge in [-0.3, -0.25) is 4.99 Å². The predicted octanol–water partition coefficient (Wildman–Crippen LogP) is 1.47. The molecule has 0 aliphatic carbocycles. The van der Waals surface area contributed by atoms with Crippen LogP contribution in [0.2, 0.25) is 0 Å². The Labute approximate surface area is 136 Å². The second-order valence-electron chi connectivity index (χ2n) is 3.86. The van der Waals surface area contributed by atoms with Gasteiger partial charge in [-0.15, -0.1) is 24.0 Å². The minimum Gasteiger partial charge on any atom is -0.497 e. The van der Waals surface area contributed by atoms with E-state index in [1.54, 1.807) is 20.1 Å². The number of sulfone groups is 1. The van der Waals surface area contributed by atoms with E-state index in [2.05, 4.69) is 10.3 Å². The fourth-order valence-electron chi connectivity index (χ4n) is 1.34. The van der Waals surface area contributed by atoms with Gasteiger partial charge in [0.25, 0.3) is 0 Å². The van der Waals surface area contributed by atoms with Crippen LogP contribution in [0.4, 0.5) is 5.69 Å². The molecule has 3 N–H and O–H groups in total. The van der Waals surface area contributed by atoms with Crippen LogP contribution in [-0.2, 0) is 9.84 Å². The molecule has 1 rings (SSSR count). The highest BCUT2D eigenvalue weighted by atomic mass is 127. The van der Waals surface area contributed by atoms with Crippen molar-refractivity contribution in [2.75, 3.05) is 30.5 Å². The van der Waals surface area contributed by atoms with Crippen LogP contribution in [0.3, 0.4) is 0 Å². The number of methoxy groups -OCH3 is 1. The van der Waals surface area contributed by atoms with Crippen LogP contribution < -0.4 is 15.8 Å². The maximum Gasteiger partial charge on any atom is 0.193 e. The summed E-state index contributed by atoms with van der Waals surface area (Å²) in [5, 5.41) is 2.87. The first-order valence-electron chi connectivity index (χ1n) is 5.88. The zero-order valence-corrected chi connectivity index (χ0v) is 14.6. The molecule has 0 unspecified atom stereocenters. The fraction of sp³-hybridized carbons (Fsp3) is 0.417. The van der Waals surface area contributed by atoms with Gasteiger partial charge in [0.05, 0.1) is 19.4 Å². The molecule has 0 atom stereocenters. The SMILES string of the molecule is CCS(=O)(=O)CCN=C(N)Nc1cccc(OC)c1.I. The standard InChI is InChI=1S/C12H19N3O3S.HI/c1-3-19(16,17)8-7-14-12(13)15-10-5-4-6-11(9-10)18-2;/h4-6,9H,3,7-8H2,1-2H3,(H3,13,14,15);1H. The zero-order chi connectivity index (χ0) is 14.3. The number of guanidine groups is 1. The van der Waals surface area contributed by atoms with Gasteiger partial charge >= 0.3 is 0 Å². The number of nitrogens with one attached hydrogen (secondary N) is 1. The number of nitrogens with two attached hydrogens (primary N) is 1. The lowest BCUT2D eigenvalue weighted by Crippen LogP contribution is -2.24. The minimum atomic E-state index is -3.01. The highest BCUT2D eigenvalue weighted by Crippen LogP contribution is 2.16. The van der Waals surface area contributed by atoms with Crippen LogP contribution in [0, 0.1) is 0 Å². The third-order valence-electron chi connectivity index (χ3n) is 2.47. The largest absolute Gasteiger partial charge is 0.497 e. The molecule has 0 spiro atoms. The summed E-state index contributed by atoms with van der Waals surface area (Å²) in [6, 6.07) is 7.21. The maximum atomic E-state index is 11.3. The van der Waals surface area contributed by atoms with E-state index in [1.165, 1.54) is 0 Å². The van der Waals surface area contributed by atoms with Crippen molar-refractivity contribution in [3.63, 3.8) is 0 Å². The number of nitrogens with zero attached hydrogens (tertiary/aromatic N) is 1. The topological polar surface area (TPSA) is 93.8 Å². The first kappa shape index (κ1) is 19.0. The van der Waals surface area contributed by atoms with E-state index < -0.39 is 9.84 Å². The van der Waals surface area contributed by atoms with Crippen LogP contribution >= 0.6 is 24.0 Å². The summed E-state index contributed by atoms with van der Waals surface area (Å²) < 4.78 is 27.6. The average Bonchev–Trinajstić information content (AvgIpc) is 2.38. The number of hydrogen-bond acceptors (Lipinski definition) is 4. The van der Waals surface area contributed by atoms with Crippen molar-refractivity contribution in [1.82, 2.24) is 0 Å². The molecule has 0 amide bonds. The molecule has 1 aromatic rings. The monoisotopic (exact) mass is 413 g/mol. The van der Waals surface area contributed by atoms with Crippen molar-refractivity contribution >= 4 is 45.5 Å². The molecule has 114 valence electrons. The Kier molecular flexibility index (Phi) is 8.54. The number of anilines is 1. The lowest BCUT2D eigenvalue weighted by Gasteiger charge is -2.07. The summed E-state index contributed by atoms with van der Waals surface area (Å²) >= 11 is 0. The highest BCUT2D eigenvalue weighted by molar-refractivity contribution is 14.0. The van der Waals surface area contributed by atoms with Crippen LogP contribution in [0.15, 0.2) is 29.3 Å². The summed E-state index contributed by atoms with van der Waals surface area (Å²) in [6.45, 7) is 1.76. The second kappa shape index (κ2) is 9.01. The molecule has 20 heavy (non-hydrogen) atoms. The molecule has 0 heterocycles. The van der Waals surface area contributed by atoms with Gasteiger partial charge in [0.15, 0.2) is 15.8 Å². The number of benzene rings is 1. The summed E-state index contributed by atoms with van der Waals surface area (Å²) in [6.07, 6.45) is 0. The van der Waals surface area contributed by atoms with Gasteiger partial charge in [-0.2, -0.15) is 0 Å². The van der Waals surface area contributed by atoms with Gasteiger partial charge in [0.2, 0.25) is 0 Å². The van der Waals surface area contributed by atoms with E-state index in [1.807, 2.05) is 18.2 Å². The van der Waals surface area contributed by atoms with Crippen molar-refractivity contribution in [3.05, 3.63) is 24.3 Å².